The van der Waals surface area contributed by atoms with Crippen molar-refractivity contribution in [3.63, 3.8) is 0 Å². The fourth-order valence-corrected chi connectivity index (χ4v) is 12.0. The van der Waals surface area contributed by atoms with Crippen LogP contribution in [0.5, 0.6) is 21.9 Å². The monoisotopic (exact) mass is 1240 g/mol. The number of halogens is 2. The molecule has 6 aromatic heterocycles. The quantitative estimate of drug-likeness (QED) is 0.0422. The second-order valence-electron chi connectivity index (χ2n) is 21.5. The standard InChI is InChI=1S/2C29H31ClN6O4SSi/c1-38-25-8-6-5-7-20(25)23-15-31-12-11-21(23)27(37)33-28-34-35-29(41-28)40-17-19-9-10-24(30)26-22(19)16-32-36(26)18-39-13-14-42(2,3)4;1-38-23-8-6-5-7-19(23)24-20(27(31)37)11-12-32-25(24)28-34-35-29(41-28)40-16-18-9-10-22(30)26-21(18)15-33-36(26)17-39-13-14-42(2,3)4/h5-12,15-16H,13-14,17-18H2,1-4H3,(H,33,34,37);5-12,15H,13-14,16-17H2,1-4H3,(H2,31,37). The summed E-state index contributed by atoms with van der Waals surface area (Å²) in [4.78, 5) is 34.3. The van der Waals surface area contributed by atoms with Crippen LogP contribution in [0.25, 0.3) is 54.8 Å². The molecule has 0 spiro atoms. The van der Waals surface area contributed by atoms with Crippen molar-refractivity contribution in [1.82, 2.24) is 49.9 Å². The number of rotatable bonds is 24. The highest BCUT2D eigenvalue weighted by Crippen LogP contribution is 2.41. The van der Waals surface area contributed by atoms with Gasteiger partial charge in [-0.2, -0.15) is 10.2 Å². The van der Waals surface area contributed by atoms with E-state index in [1.165, 1.54) is 17.5 Å². The number of aromatic nitrogens is 10. The van der Waals surface area contributed by atoms with Crippen molar-refractivity contribution in [2.45, 2.75) is 78.0 Å². The Hall–Kier alpha value is -7.69. The number of hydrogen-bond donors (Lipinski definition) is 2. The highest BCUT2D eigenvalue weighted by atomic mass is 35.5. The number of para-hydroxylation sites is 2. The molecule has 2 amide bonds. The Balaban J connectivity index is 0.000000202. The van der Waals surface area contributed by atoms with Gasteiger partial charge in [0.15, 0.2) is 5.01 Å². The smallest absolute Gasteiger partial charge is 0.296 e. The lowest BCUT2D eigenvalue weighted by molar-refractivity contribution is 0.0816. The van der Waals surface area contributed by atoms with Crippen molar-refractivity contribution >= 4 is 101 Å². The Morgan fingerprint density at radius 3 is 1.73 bits per heavy atom. The Morgan fingerprint density at radius 1 is 0.619 bits per heavy atom. The number of nitrogens with two attached hydrogens (primary N) is 1. The third-order valence-corrected chi connectivity index (χ3v) is 18.7. The van der Waals surface area contributed by atoms with Gasteiger partial charge in [0.25, 0.3) is 16.3 Å². The molecule has 0 aliphatic heterocycles. The molecule has 20 nitrogen and oxygen atoms in total. The Labute approximate surface area is 505 Å². The average molecular weight is 1250 g/mol. The number of carbonyl (C=O) groups excluding carboxylic acids is 2. The van der Waals surface area contributed by atoms with E-state index >= 15 is 0 Å². The van der Waals surface area contributed by atoms with Crippen molar-refractivity contribution in [2.24, 2.45) is 5.73 Å². The van der Waals surface area contributed by atoms with Gasteiger partial charge in [-0.15, -0.1) is 10.2 Å². The van der Waals surface area contributed by atoms with Crippen LogP contribution >= 0.6 is 45.9 Å². The first kappa shape index (κ1) is 60.9. The van der Waals surface area contributed by atoms with Gasteiger partial charge in [-0.25, -0.2) is 9.36 Å². The van der Waals surface area contributed by atoms with Gasteiger partial charge in [0.05, 0.1) is 58.8 Å². The number of fused-ring (bicyclic) bond motifs is 2. The predicted molar refractivity (Wildman–Crippen MR) is 334 cm³/mol. The molecule has 6 heterocycles. The summed E-state index contributed by atoms with van der Waals surface area (Å²) in [6, 6.07) is 27.6. The van der Waals surface area contributed by atoms with Crippen LogP contribution in [-0.2, 0) is 36.1 Å². The van der Waals surface area contributed by atoms with Crippen molar-refractivity contribution in [3.05, 3.63) is 148 Å². The summed E-state index contributed by atoms with van der Waals surface area (Å²) in [5.41, 5.74) is 12.9. The topological polar surface area (TPSA) is 241 Å². The van der Waals surface area contributed by atoms with Crippen LogP contribution in [0.3, 0.4) is 0 Å². The summed E-state index contributed by atoms with van der Waals surface area (Å²) in [6.45, 7) is 16.4. The fourth-order valence-electron chi connectivity index (χ4n) is 8.69. The van der Waals surface area contributed by atoms with Gasteiger partial charge in [0.2, 0.25) is 11.0 Å². The van der Waals surface area contributed by atoms with Gasteiger partial charge in [0, 0.05) is 92.1 Å². The molecule has 4 aromatic carbocycles. The lowest BCUT2D eigenvalue weighted by atomic mass is 9.97. The third-order valence-electron chi connectivity index (χ3n) is 13.1. The number of nitrogens with zero attached hydrogens (tertiary/aromatic N) is 10. The summed E-state index contributed by atoms with van der Waals surface area (Å²) in [5, 5.41) is 32.9. The van der Waals surface area contributed by atoms with Gasteiger partial charge in [-0.3, -0.25) is 24.9 Å². The van der Waals surface area contributed by atoms with Gasteiger partial charge >= 0.3 is 0 Å². The van der Waals surface area contributed by atoms with Crippen LogP contribution in [0.4, 0.5) is 5.13 Å². The summed E-state index contributed by atoms with van der Waals surface area (Å²) in [6.07, 6.45) is 8.26. The molecule has 0 saturated carbocycles. The zero-order valence-corrected chi connectivity index (χ0v) is 52.7. The van der Waals surface area contributed by atoms with E-state index in [0.29, 0.717) is 102 Å². The minimum absolute atomic E-state index is 0.221. The van der Waals surface area contributed by atoms with Crippen LogP contribution in [0.2, 0.25) is 61.4 Å². The highest BCUT2D eigenvalue weighted by molar-refractivity contribution is 7.17. The van der Waals surface area contributed by atoms with E-state index in [9.17, 15) is 9.59 Å². The number of methoxy groups -OCH3 is 2. The predicted octanol–water partition coefficient (Wildman–Crippen LogP) is 13.0. The molecule has 0 bridgehead atoms. The molecule has 0 unspecified atom stereocenters. The van der Waals surface area contributed by atoms with Crippen LogP contribution in [0.15, 0.2) is 116 Å². The SMILES string of the molecule is COc1ccccc1-c1c(C(N)=O)ccnc1-c1nnc(OCc2ccc(Cl)c3c2cnn3COCC[Si](C)(C)C)s1.COc1ccccc1-c1cnccc1C(=O)Nc1nnc(OCc2ccc(Cl)c3c2cnn3COCC[Si](C)(C)C)s1. The van der Waals surface area contributed by atoms with Gasteiger partial charge in [-0.1, -0.05) is 133 Å². The summed E-state index contributed by atoms with van der Waals surface area (Å²) < 4.78 is 38.3. The minimum atomic E-state index is -1.19. The van der Waals surface area contributed by atoms with Crippen LogP contribution < -0.4 is 30.0 Å². The molecule has 10 rings (SSSR count). The number of carbonyl (C=O) groups is 2. The average Bonchev–Trinajstić information content (AvgIpc) is 2.25. The van der Waals surface area contributed by atoms with Crippen molar-refractivity contribution in [3.8, 4) is 54.8 Å². The van der Waals surface area contributed by atoms with E-state index in [2.05, 4.69) is 85.2 Å². The number of anilines is 1. The van der Waals surface area contributed by atoms with Crippen molar-refractivity contribution in [1.29, 1.82) is 0 Å². The van der Waals surface area contributed by atoms with E-state index < -0.39 is 22.1 Å². The number of benzene rings is 4. The van der Waals surface area contributed by atoms with E-state index in [1.54, 1.807) is 66.6 Å². The van der Waals surface area contributed by atoms with E-state index in [1.807, 2.05) is 66.7 Å². The normalized spacial score (nSPS) is 11.6. The lowest BCUT2D eigenvalue weighted by Gasteiger charge is -2.15. The molecule has 10 aromatic rings. The van der Waals surface area contributed by atoms with E-state index in [-0.39, 0.29) is 19.1 Å². The largest absolute Gasteiger partial charge is 0.496 e. The lowest BCUT2D eigenvalue weighted by Crippen LogP contribution is -2.22. The number of pyridine rings is 2. The number of hydrogen-bond acceptors (Lipinski definition) is 18. The molecule has 26 heteroatoms. The first-order chi connectivity index (χ1) is 40.4. The zero-order valence-electron chi connectivity index (χ0n) is 47.5. The van der Waals surface area contributed by atoms with Crippen LogP contribution in [0.1, 0.15) is 31.8 Å². The number of amides is 2. The molecule has 0 atom stereocenters. The number of nitrogens with one attached hydrogen (secondary N) is 1. The Kier molecular flexibility index (Phi) is 19.8. The maximum Gasteiger partial charge on any atom is 0.296 e. The maximum atomic E-state index is 13.2. The minimum Gasteiger partial charge on any atom is -0.496 e. The molecular formula is C58H62Cl2N12O8S2Si2. The molecule has 84 heavy (non-hydrogen) atoms. The molecule has 0 aliphatic rings. The Morgan fingerprint density at radius 2 is 1.15 bits per heavy atom. The third kappa shape index (κ3) is 15.0. The second kappa shape index (κ2) is 27.4. The molecule has 0 radical (unpaired) electrons. The van der Waals surface area contributed by atoms with Crippen LogP contribution in [-0.4, -0.2) is 105 Å². The molecular weight excluding hydrogens is 1180 g/mol. The molecule has 3 N–H and O–H groups in total. The summed E-state index contributed by atoms with van der Waals surface area (Å²) in [5.74, 6) is 0.278. The van der Waals surface area contributed by atoms with Crippen LogP contribution in [0, 0.1) is 0 Å². The van der Waals surface area contributed by atoms with Gasteiger partial charge in [-0.05, 0) is 59.8 Å². The molecule has 0 aliphatic carbocycles. The van der Waals surface area contributed by atoms with E-state index in [4.69, 9.17) is 57.4 Å². The fraction of sp³-hybridized carbons (Fsp3) is 0.276. The second-order valence-corrected chi connectivity index (χ2v) is 35.4. The first-order valence-electron chi connectivity index (χ1n) is 26.5. The molecule has 436 valence electrons. The molecule has 0 saturated heterocycles. The zero-order chi connectivity index (χ0) is 59.5. The van der Waals surface area contributed by atoms with Crippen molar-refractivity contribution in [2.75, 3.05) is 32.8 Å². The Bertz CT molecular complexity index is 3940. The number of ether oxygens (including phenoxy) is 6. The number of primary amides is 1. The van der Waals surface area contributed by atoms with E-state index in [0.717, 1.165) is 61.9 Å². The maximum absolute atomic E-state index is 13.2. The summed E-state index contributed by atoms with van der Waals surface area (Å²) in [7, 11) is 0.786. The summed E-state index contributed by atoms with van der Waals surface area (Å²) >= 11 is 15.4. The van der Waals surface area contributed by atoms with Crippen molar-refractivity contribution < 1.29 is 38.0 Å². The molecule has 0 fully saturated rings. The van der Waals surface area contributed by atoms with Gasteiger partial charge < -0.3 is 34.2 Å². The van der Waals surface area contributed by atoms with Gasteiger partial charge in [0.1, 0.15) is 43.9 Å². The highest BCUT2D eigenvalue weighted by Gasteiger charge is 2.24. The first-order valence-corrected chi connectivity index (χ1v) is 36.3.